The summed E-state index contributed by atoms with van der Waals surface area (Å²) in [7, 11) is 1.60. The molecule has 1 N–H and O–H groups in total. The number of aromatic amines is 1. The van der Waals surface area contributed by atoms with Crippen LogP contribution in [0.2, 0.25) is 0 Å². The lowest BCUT2D eigenvalue weighted by Gasteiger charge is -2.10. The Bertz CT molecular complexity index is 1130. The number of H-pyrrole nitrogens is 1. The summed E-state index contributed by atoms with van der Waals surface area (Å²) in [5, 5.41) is 0.316. The van der Waals surface area contributed by atoms with Crippen LogP contribution in [0.15, 0.2) is 53.7 Å². The van der Waals surface area contributed by atoms with Crippen molar-refractivity contribution in [2.45, 2.75) is 24.3 Å². The van der Waals surface area contributed by atoms with Gasteiger partial charge in [0, 0.05) is 22.6 Å². The fourth-order valence-corrected chi connectivity index (χ4v) is 3.90. The highest BCUT2D eigenvalue weighted by atomic mass is 32.2. The number of fused-ring (bicyclic) bond motifs is 1. The lowest BCUT2D eigenvalue weighted by molar-refractivity contribution is 0.145. The molecule has 0 amide bonds. The van der Waals surface area contributed by atoms with E-state index in [4.69, 9.17) is 4.74 Å². The zero-order valence-corrected chi connectivity index (χ0v) is 16.6. The molecule has 148 valence electrons. The summed E-state index contributed by atoms with van der Waals surface area (Å²) >= 11 is 1.29. The number of ether oxygens (including phenoxy) is 1. The fourth-order valence-electron chi connectivity index (χ4n) is 3.01. The lowest BCUT2D eigenvalue weighted by atomic mass is 10.1. The van der Waals surface area contributed by atoms with Gasteiger partial charge in [0.1, 0.15) is 17.3 Å². The van der Waals surface area contributed by atoms with Crippen LogP contribution in [0.25, 0.3) is 22.4 Å². The number of methoxy groups -OCH3 is 1. The van der Waals surface area contributed by atoms with E-state index in [1.165, 1.54) is 17.8 Å². The number of nitrogens with one attached hydrogen (secondary N) is 1. The molecule has 0 spiro atoms. The number of aromatic nitrogens is 4. The second-order valence-electron chi connectivity index (χ2n) is 6.44. The smallest absolute Gasteiger partial charge is 0.280 e. The number of thioether (sulfide) groups is 1. The number of rotatable bonds is 6. The molecule has 0 aliphatic heterocycles. The minimum atomic E-state index is -2.62. The number of alkyl halides is 2. The molecule has 0 bridgehead atoms. The number of halogens is 2. The third-order valence-corrected chi connectivity index (χ3v) is 5.27. The van der Waals surface area contributed by atoms with Crippen molar-refractivity contribution < 1.29 is 13.5 Å². The molecule has 0 aliphatic carbocycles. The summed E-state index contributed by atoms with van der Waals surface area (Å²) in [4.78, 5) is 16.2. The van der Waals surface area contributed by atoms with Gasteiger partial charge in [-0.3, -0.25) is 0 Å². The summed E-state index contributed by atoms with van der Waals surface area (Å²) in [5.74, 6) is 1.94. The molecule has 4 aromatic rings. The Kier molecular flexibility index (Phi) is 5.44. The van der Waals surface area contributed by atoms with E-state index in [1.54, 1.807) is 14.0 Å². The summed E-state index contributed by atoms with van der Waals surface area (Å²) in [6, 6.07) is 14.9. The van der Waals surface area contributed by atoms with Gasteiger partial charge in [0.25, 0.3) is 6.43 Å². The van der Waals surface area contributed by atoms with Crippen LogP contribution in [0.5, 0.6) is 5.75 Å². The first kappa shape index (κ1) is 19.3. The molecule has 2 heterocycles. The quantitative estimate of drug-likeness (QED) is 0.331. The van der Waals surface area contributed by atoms with E-state index >= 15 is 0 Å². The van der Waals surface area contributed by atoms with Crippen LogP contribution in [0, 0.1) is 6.92 Å². The van der Waals surface area contributed by atoms with Gasteiger partial charge in [-0.2, -0.15) is 0 Å². The van der Waals surface area contributed by atoms with Gasteiger partial charge in [-0.25, -0.2) is 23.7 Å². The van der Waals surface area contributed by atoms with Crippen molar-refractivity contribution >= 4 is 22.8 Å². The molecular formula is C21H18F2N4OS. The molecule has 2 aromatic carbocycles. The Morgan fingerprint density at radius 3 is 2.66 bits per heavy atom. The van der Waals surface area contributed by atoms with Crippen LogP contribution >= 0.6 is 11.8 Å². The van der Waals surface area contributed by atoms with Gasteiger partial charge >= 0.3 is 0 Å². The molecular weight excluding hydrogens is 394 g/mol. The molecule has 0 fully saturated rings. The average Bonchev–Trinajstić information content (AvgIpc) is 3.16. The summed E-state index contributed by atoms with van der Waals surface area (Å²) in [6.07, 6.45) is -2.62. The van der Waals surface area contributed by atoms with Gasteiger partial charge in [-0.15, -0.1) is 0 Å². The highest BCUT2D eigenvalue weighted by Crippen LogP contribution is 2.31. The van der Waals surface area contributed by atoms with Crippen molar-refractivity contribution in [1.29, 1.82) is 0 Å². The molecule has 29 heavy (non-hydrogen) atoms. The number of hydrogen-bond acceptors (Lipinski definition) is 5. The molecule has 0 aliphatic rings. The zero-order valence-electron chi connectivity index (χ0n) is 15.8. The molecule has 5 nitrogen and oxygen atoms in total. The van der Waals surface area contributed by atoms with Crippen molar-refractivity contribution in [1.82, 2.24) is 19.9 Å². The second kappa shape index (κ2) is 8.16. The Balaban J connectivity index is 1.62. The minimum absolute atomic E-state index is 0.261. The van der Waals surface area contributed by atoms with Gasteiger partial charge in [0.15, 0.2) is 5.16 Å². The third-order valence-electron chi connectivity index (χ3n) is 4.38. The molecule has 0 atom stereocenters. The van der Waals surface area contributed by atoms with E-state index in [9.17, 15) is 8.78 Å². The van der Waals surface area contributed by atoms with Crippen molar-refractivity contribution in [3.8, 4) is 17.1 Å². The Morgan fingerprint density at radius 2 is 1.90 bits per heavy atom. The van der Waals surface area contributed by atoms with E-state index in [0.29, 0.717) is 22.4 Å². The molecule has 0 saturated heterocycles. The number of para-hydroxylation sites is 2. The first-order valence-electron chi connectivity index (χ1n) is 8.92. The fraction of sp³-hybridized carbons (Fsp3) is 0.190. The van der Waals surface area contributed by atoms with Gasteiger partial charge < -0.3 is 9.72 Å². The third kappa shape index (κ3) is 4.22. The summed E-state index contributed by atoms with van der Waals surface area (Å²) in [6.45, 7) is 1.68. The van der Waals surface area contributed by atoms with Crippen LogP contribution in [-0.2, 0) is 5.75 Å². The van der Waals surface area contributed by atoms with Crippen LogP contribution in [0.1, 0.15) is 23.4 Å². The van der Waals surface area contributed by atoms with Crippen LogP contribution < -0.4 is 4.74 Å². The lowest BCUT2D eigenvalue weighted by Crippen LogP contribution is -1.98. The van der Waals surface area contributed by atoms with E-state index in [2.05, 4.69) is 19.9 Å². The molecule has 0 saturated carbocycles. The number of aryl methyl sites for hydroxylation is 1. The van der Waals surface area contributed by atoms with Gasteiger partial charge in [0.2, 0.25) is 0 Å². The number of imidazole rings is 1. The predicted octanol–water partition coefficient (Wildman–Crippen LogP) is 5.57. The van der Waals surface area contributed by atoms with Crippen LogP contribution in [0.3, 0.4) is 0 Å². The number of hydrogen-bond donors (Lipinski definition) is 1. The maximum absolute atomic E-state index is 13.0. The van der Waals surface area contributed by atoms with Crippen LogP contribution in [-0.4, -0.2) is 27.0 Å². The van der Waals surface area contributed by atoms with Crippen molar-refractivity contribution in [2.24, 2.45) is 0 Å². The molecule has 8 heteroatoms. The predicted molar refractivity (Wildman–Crippen MR) is 109 cm³/mol. The van der Waals surface area contributed by atoms with E-state index in [1.807, 2.05) is 42.5 Å². The highest BCUT2D eigenvalue weighted by Gasteiger charge is 2.14. The Labute approximate surface area is 170 Å². The Hall–Kier alpha value is -3.00. The first-order valence-corrected chi connectivity index (χ1v) is 9.90. The largest absolute Gasteiger partial charge is 0.496 e. The van der Waals surface area contributed by atoms with Gasteiger partial charge in [-0.05, 0) is 43.3 Å². The summed E-state index contributed by atoms with van der Waals surface area (Å²) in [5.41, 5.74) is 3.92. The van der Waals surface area contributed by atoms with Gasteiger partial charge in [-0.1, -0.05) is 23.9 Å². The van der Waals surface area contributed by atoms with E-state index in [0.717, 1.165) is 28.0 Å². The molecule has 2 aromatic heterocycles. The number of nitrogens with zero attached hydrogens (tertiary/aromatic N) is 3. The summed E-state index contributed by atoms with van der Waals surface area (Å²) < 4.78 is 31.5. The second-order valence-corrected chi connectivity index (χ2v) is 7.38. The van der Waals surface area contributed by atoms with Crippen molar-refractivity contribution in [3.05, 3.63) is 65.5 Å². The molecule has 4 rings (SSSR count). The SMILES string of the molecule is COc1ccc(-c2nc3ccccc3[nH]2)cc1CSc1nc(C)cc(C(F)F)n1. The van der Waals surface area contributed by atoms with E-state index < -0.39 is 6.43 Å². The number of benzene rings is 2. The standard InChI is InChI=1S/C21H18F2N4OS/c1-12-9-17(19(22)23)27-21(24-12)29-11-14-10-13(7-8-18(14)28-2)20-25-15-5-3-4-6-16(15)26-20/h3-10,19H,11H2,1-2H3,(H,25,26). The monoisotopic (exact) mass is 412 g/mol. The highest BCUT2D eigenvalue weighted by molar-refractivity contribution is 7.98. The molecule has 0 radical (unpaired) electrons. The van der Waals surface area contributed by atoms with Crippen LogP contribution in [0.4, 0.5) is 8.78 Å². The van der Waals surface area contributed by atoms with E-state index in [-0.39, 0.29) is 5.69 Å². The Morgan fingerprint density at radius 1 is 1.07 bits per heavy atom. The molecule has 0 unspecified atom stereocenters. The van der Waals surface area contributed by atoms with Gasteiger partial charge in [0.05, 0.1) is 18.1 Å². The normalized spacial score (nSPS) is 11.3. The average molecular weight is 412 g/mol. The van der Waals surface area contributed by atoms with Crippen molar-refractivity contribution in [2.75, 3.05) is 7.11 Å². The van der Waals surface area contributed by atoms with Crippen molar-refractivity contribution in [3.63, 3.8) is 0 Å². The minimum Gasteiger partial charge on any atom is -0.496 e. The first-order chi connectivity index (χ1) is 14.0. The maximum Gasteiger partial charge on any atom is 0.280 e. The topological polar surface area (TPSA) is 63.7 Å². The maximum atomic E-state index is 13.0. The zero-order chi connectivity index (χ0) is 20.4.